The van der Waals surface area contributed by atoms with Gasteiger partial charge in [0.25, 0.3) is 5.91 Å². The van der Waals surface area contributed by atoms with Gasteiger partial charge in [-0.2, -0.15) is 5.10 Å². The van der Waals surface area contributed by atoms with Crippen LogP contribution < -0.4 is 14.8 Å². The zero-order valence-electron chi connectivity index (χ0n) is 17.9. The Hall–Kier alpha value is -2.85. The first-order valence-corrected chi connectivity index (χ1v) is 12.9. The average molecular weight is 476 g/mol. The Bertz CT molecular complexity index is 1200. The summed E-state index contributed by atoms with van der Waals surface area (Å²) in [5.74, 6) is 1.20. The lowest BCUT2D eigenvalue weighted by molar-refractivity contribution is 0.0948. The number of thiophene rings is 1. The molecule has 1 saturated heterocycles. The van der Waals surface area contributed by atoms with Crippen LogP contribution in [0.2, 0.25) is 0 Å². The number of benzene rings is 1. The minimum absolute atomic E-state index is 0.0490. The van der Waals surface area contributed by atoms with E-state index in [1.807, 2.05) is 35.7 Å². The highest BCUT2D eigenvalue weighted by molar-refractivity contribution is 7.91. The molecule has 8 nitrogen and oxygen atoms in total. The fraction of sp³-hybridized carbons (Fsp3) is 0.364. The Morgan fingerprint density at radius 1 is 1.22 bits per heavy atom. The van der Waals surface area contributed by atoms with Crippen LogP contribution in [0.4, 0.5) is 0 Å². The first kappa shape index (κ1) is 22.3. The molecule has 1 fully saturated rings. The van der Waals surface area contributed by atoms with Gasteiger partial charge >= 0.3 is 0 Å². The molecule has 1 aromatic carbocycles. The van der Waals surface area contributed by atoms with Crippen molar-refractivity contribution in [1.29, 1.82) is 0 Å². The smallest absolute Gasteiger partial charge is 0.271 e. The molecule has 3 aromatic rings. The molecule has 2 aromatic heterocycles. The van der Waals surface area contributed by atoms with Crippen LogP contribution in [-0.4, -0.2) is 56.4 Å². The van der Waals surface area contributed by atoms with Crippen LogP contribution in [0.25, 0.3) is 10.6 Å². The minimum atomic E-state index is -3.07. The van der Waals surface area contributed by atoms with Gasteiger partial charge in [-0.15, -0.1) is 11.3 Å². The molecule has 32 heavy (non-hydrogen) atoms. The van der Waals surface area contributed by atoms with E-state index in [1.165, 1.54) is 11.3 Å². The Balaban J connectivity index is 1.47. The molecule has 0 unspecified atom stereocenters. The summed E-state index contributed by atoms with van der Waals surface area (Å²) in [7, 11) is 0.0965. The number of hydrogen-bond donors (Lipinski definition) is 1. The van der Waals surface area contributed by atoms with Gasteiger partial charge in [0.15, 0.2) is 27.0 Å². The van der Waals surface area contributed by atoms with E-state index < -0.39 is 9.84 Å². The summed E-state index contributed by atoms with van der Waals surface area (Å²) in [5.41, 5.74) is 2.06. The zero-order valence-corrected chi connectivity index (χ0v) is 19.5. The lowest BCUT2D eigenvalue weighted by Crippen LogP contribution is -2.26. The number of nitrogens with zero attached hydrogens (tertiary/aromatic N) is 2. The monoisotopic (exact) mass is 475 g/mol. The van der Waals surface area contributed by atoms with Crippen molar-refractivity contribution in [2.45, 2.75) is 18.9 Å². The second-order valence-corrected chi connectivity index (χ2v) is 10.8. The van der Waals surface area contributed by atoms with E-state index in [9.17, 15) is 13.2 Å². The largest absolute Gasteiger partial charge is 0.493 e. The van der Waals surface area contributed by atoms with Gasteiger partial charge in [0.05, 0.1) is 42.3 Å². The summed E-state index contributed by atoms with van der Waals surface area (Å²) >= 11 is 1.53. The van der Waals surface area contributed by atoms with Gasteiger partial charge in [-0.1, -0.05) is 12.1 Å². The number of methoxy groups -OCH3 is 2. The van der Waals surface area contributed by atoms with E-state index >= 15 is 0 Å². The highest BCUT2D eigenvalue weighted by Gasteiger charge is 2.32. The van der Waals surface area contributed by atoms with Gasteiger partial charge in [0.1, 0.15) is 0 Å². The Kier molecular flexibility index (Phi) is 6.52. The molecular formula is C22H25N3O5S2. The van der Waals surface area contributed by atoms with E-state index in [0.717, 1.165) is 16.1 Å². The molecule has 0 radical (unpaired) electrons. The van der Waals surface area contributed by atoms with Crippen LogP contribution in [0.15, 0.2) is 41.8 Å². The third-order valence-corrected chi connectivity index (χ3v) is 8.09. The maximum absolute atomic E-state index is 12.8. The maximum Gasteiger partial charge on any atom is 0.271 e. The van der Waals surface area contributed by atoms with Crippen molar-refractivity contribution < 1.29 is 22.7 Å². The number of carbonyl (C=O) groups is 1. The van der Waals surface area contributed by atoms with Crippen molar-refractivity contribution >= 4 is 27.1 Å². The number of nitrogens with one attached hydrogen (secondary N) is 1. The van der Waals surface area contributed by atoms with E-state index in [4.69, 9.17) is 9.47 Å². The predicted octanol–water partition coefficient (Wildman–Crippen LogP) is 2.96. The first-order chi connectivity index (χ1) is 15.4. The van der Waals surface area contributed by atoms with Crippen molar-refractivity contribution in [2.75, 3.05) is 32.3 Å². The van der Waals surface area contributed by atoms with Crippen LogP contribution in [-0.2, 0) is 16.3 Å². The number of hydrogen-bond acceptors (Lipinski definition) is 7. The lowest BCUT2D eigenvalue weighted by Gasteiger charge is -2.12. The fourth-order valence-electron chi connectivity index (χ4n) is 3.81. The fourth-order valence-corrected chi connectivity index (χ4v) is 6.23. The van der Waals surface area contributed by atoms with Crippen LogP contribution in [0.5, 0.6) is 11.5 Å². The van der Waals surface area contributed by atoms with Gasteiger partial charge in [-0.25, -0.2) is 8.42 Å². The molecule has 0 bridgehead atoms. The maximum atomic E-state index is 12.8. The Labute approximate surface area is 191 Å². The van der Waals surface area contributed by atoms with E-state index in [-0.39, 0.29) is 29.1 Å². The molecular weight excluding hydrogens is 450 g/mol. The van der Waals surface area contributed by atoms with Gasteiger partial charge in [0.2, 0.25) is 0 Å². The second kappa shape index (κ2) is 9.33. The third kappa shape index (κ3) is 4.81. The first-order valence-electron chi connectivity index (χ1n) is 10.2. The molecule has 0 saturated carbocycles. The van der Waals surface area contributed by atoms with Crippen LogP contribution >= 0.6 is 11.3 Å². The number of ether oxygens (including phenoxy) is 2. The number of amides is 1. The summed E-state index contributed by atoms with van der Waals surface area (Å²) in [5, 5.41) is 9.35. The van der Waals surface area contributed by atoms with Crippen LogP contribution in [0.3, 0.4) is 0 Å². The number of rotatable bonds is 8. The molecule has 1 N–H and O–H groups in total. The Morgan fingerprint density at radius 2 is 2.03 bits per heavy atom. The quantitative estimate of drug-likeness (QED) is 0.538. The number of carbonyl (C=O) groups excluding carboxylic acids is 1. The molecule has 1 aliphatic heterocycles. The van der Waals surface area contributed by atoms with E-state index in [1.54, 1.807) is 25.0 Å². The van der Waals surface area contributed by atoms with Crippen molar-refractivity contribution in [3.05, 3.63) is 53.0 Å². The van der Waals surface area contributed by atoms with Crippen LogP contribution in [0, 0.1) is 0 Å². The van der Waals surface area contributed by atoms with Gasteiger partial charge in [-0.05, 0) is 48.1 Å². The topological polar surface area (TPSA) is 99.5 Å². The SMILES string of the molecule is COc1ccc(CCNC(=O)c2cc(-c3cccs3)n([C@H]3CCS(=O)(=O)C3)n2)cc1OC. The van der Waals surface area contributed by atoms with E-state index in [0.29, 0.717) is 30.9 Å². The highest BCUT2D eigenvalue weighted by Crippen LogP contribution is 2.32. The summed E-state index contributed by atoms with van der Waals surface area (Å²) in [6.07, 6.45) is 1.12. The van der Waals surface area contributed by atoms with Gasteiger partial charge in [-0.3, -0.25) is 9.48 Å². The standard InChI is InChI=1S/C22H25N3O5S2/c1-29-19-6-5-15(12-20(19)30-2)7-9-23-22(26)17-13-18(21-4-3-10-31-21)25(24-17)16-8-11-32(27,28)14-16/h3-6,10,12-13,16H,7-9,11,14H2,1-2H3,(H,23,26)/t16-/m0/s1. The van der Waals surface area contributed by atoms with Crippen molar-refractivity contribution in [1.82, 2.24) is 15.1 Å². The van der Waals surface area contributed by atoms with E-state index in [2.05, 4.69) is 10.4 Å². The third-order valence-electron chi connectivity index (χ3n) is 5.44. The Morgan fingerprint density at radius 3 is 2.69 bits per heavy atom. The number of aromatic nitrogens is 2. The molecule has 0 aliphatic carbocycles. The molecule has 1 amide bonds. The molecule has 1 atom stereocenters. The van der Waals surface area contributed by atoms with Crippen molar-refractivity contribution in [2.24, 2.45) is 0 Å². The van der Waals surface area contributed by atoms with Gasteiger partial charge < -0.3 is 14.8 Å². The average Bonchev–Trinajstić information content (AvgIpc) is 3.52. The van der Waals surface area contributed by atoms with Crippen molar-refractivity contribution in [3.8, 4) is 22.1 Å². The van der Waals surface area contributed by atoms with Gasteiger partial charge in [0, 0.05) is 6.54 Å². The molecule has 1 aliphatic rings. The molecule has 10 heteroatoms. The zero-order chi connectivity index (χ0) is 22.7. The summed E-state index contributed by atoms with van der Waals surface area (Å²) in [4.78, 5) is 13.7. The lowest BCUT2D eigenvalue weighted by atomic mass is 10.1. The predicted molar refractivity (Wildman–Crippen MR) is 123 cm³/mol. The normalized spacial score (nSPS) is 17.2. The second-order valence-electron chi connectivity index (χ2n) is 7.59. The van der Waals surface area contributed by atoms with Crippen LogP contribution in [0.1, 0.15) is 28.5 Å². The molecule has 4 rings (SSSR count). The molecule has 3 heterocycles. The summed E-state index contributed by atoms with van der Waals surface area (Å²) < 4.78 is 36.2. The number of sulfone groups is 1. The highest BCUT2D eigenvalue weighted by atomic mass is 32.2. The minimum Gasteiger partial charge on any atom is -0.493 e. The molecule has 0 spiro atoms. The van der Waals surface area contributed by atoms with Crippen molar-refractivity contribution in [3.63, 3.8) is 0 Å². The molecule has 170 valence electrons. The summed E-state index contributed by atoms with van der Waals surface area (Å²) in [6.45, 7) is 0.424. The summed E-state index contributed by atoms with van der Waals surface area (Å²) in [6, 6.07) is 11.0.